The lowest BCUT2D eigenvalue weighted by molar-refractivity contribution is -0.154. The maximum Gasteiger partial charge on any atom is 0.253 e. The standard InChI is InChI=1S/C16H24F2N4O2/c1-13-10-19-22(11-13)7-6-20-8-9-24-14(12-20)15(23)21-4-2-16(17,18)3-5-21/h10-11,14H,2-9,12H2,1H3. The van der Waals surface area contributed by atoms with Crippen molar-refractivity contribution in [2.24, 2.45) is 0 Å². The summed E-state index contributed by atoms with van der Waals surface area (Å²) >= 11 is 0. The minimum atomic E-state index is -2.64. The number of carbonyl (C=O) groups is 1. The number of carbonyl (C=O) groups excluding carboxylic acids is 1. The van der Waals surface area contributed by atoms with Crippen LogP contribution in [0.3, 0.4) is 0 Å². The Morgan fingerprint density at radius 2 is 2.08 bits per heavy atom. The number of amides is 1. The SMILES string of the molecule is Cc1cnn(CCN2CCOC(C(=O)N3CCC(F)(F)CC3)C2)c1. The van der Waals surface area contributed by atoms with Crippen molar-refractivity contribution in [2.45, 2.75) is 38.3 Å². The van der Waals surface area contributed by atoms with Crippen molar-refractivity contribution in [3.8, 4) is 0 Å². The number of rotatable bonds is 4. The van der Waals surface area contributed by atoms with E-state index in [-0.39, 0.29) is 31.8 Å². The Kier molecular flexibility index (Phi) is 5.15. The zero-order valence-electron chi connectivity index (χ0n) is 14.0. The van der Waals surface area contributed by atoms with Crippen LogP contribution in [0.2, 0.25) is 0 Å². The summed E-state index contributed by atoms with van der Waals surface area (Å²) in [5, 5.41) is 4.25. The molecule has 3 rings (SSSR count). The highest BCUT2D eigenvalue weighted by molar-refractivity contribution is 5.81. The molecule has 6 nitrogen and oxygen atoms in total. The zero-order chi connectivity index (χ0) is 17.2. The van der Waals surface area contributed by atoms with Gasteiger partial charge in [-0.2, -0.15) is 5.10 Å². The number of piperidine rings is 1. The van der Waals surface area contributed by atoms with Crippen LogP contribution in [0.25, 0.3) is 0 Å². The Labute approximate surface area is 140 Å². The Bertz CT molecular complexity index is 568. The van der Waals surface area contributed by atoms with Crippen LogP contribution in [0, 0.1) is 6.92 Å². The van der Waals surface area contributed by atoms with Crippen LogP contribution in [-0.2, 0) is 16.1 Å². The van der Waals surface area contributed by atoms with Crippen molar-refractivity contribution >= 4 is 5.91 Å². The third-order valence-corrected chi connectivity index (χ3v) is 4.64. The molecule has 1 aromatic heterocycles. The van der Waals surface area contributed by atoms with Gasteiger partial charge in [0.15, 0.2) is 0 Å². The molecule has 2 aliphatic rings. The molecule has 0 spiro atoms. The van der Waals surface area contributed by atoms with E-state index < -0.39 is 12.0 Å². The molecule has 0 saturated carbocycles. The molecule has 24 heavy (non-hydrogen) atoms. The molecule has 0 bridgehead atoms. The molecule has 0 aliphatic carbocycles. The van der Waals surface area contributed by atoms with Gasteiger partial charge in [-0.05, 0) is 12.5 Å². The summed E-state index contributed by atoms with van der Waals surface area (Å²) in [6.45, 7) is 5.51. The van der Waals surface area contributed by atoms with Crippen LogP contribution in [0.5, 0.6) is 0 Å². The van der Waals surface area contributed by atoms with Gasteiger partial charge in [-0.3, -0.25) is 14.4 Å². The molecule has 0 radical (unpaired) electrons. The van der Waals surface area contributed by atoms with Gasteiger partial charge in [-0.15, -0.1) is 0 Å². The molecule has 0 N–H and O–H groups in total. The number of nitrogens with zero attached hydrogens (tertiary/aromatic N) is 4. The van der Waals surface area contributed by atoms with Crippen LogP contribution in [-0.4, -0.2) is 76.8 Å². The third-order valence-electron chi connectivity index (χ3n) is 4.64. The number of hydrogen-bond donors (Lipinski definition) is 0. The Balaban J connectivity index is 1.48. The molecule has 1 aromatic rings. The lowest BCUT2D eigenvalue weighted by Crippen LogP contribution is -2.53. The minimum Gasteiger partial charge on any atom is -0.366 e. The molecular formula is C16H24F2N4O2. The van der Waals surface area contributed by atoms with Gasteiger partial charge in [0.2, 0.25) is 0 Å². The average molecular weight is 342 g/mol. The number of aromatic nitrogens is 2. The molecule has 8 heteroatoms. The first-order valence-electron chi connectivity index (χ1n) is 8.43. The van der Waals surface area contributed by atoms with Crippen LogP contribution in [0.4, 0.5) is 8.78 Å². The molecular weight excluding hydrogens is 318 g/mol. The minimum absolute atomic E-state index is 0.109. The average Bonchev–Trinajstić information content (AvgIpc) is 2.98. The topological polar surface area (TPSA) is 50.6 Å². The zero-order valence-corrected chi connectivity index (χ0v) is 14.0. The van der Waals surface area contributed by atoms with Gasteiger partial charge < -0.3 is 9.64 Å². The molecule has 2 fully saturated rings. The summed E-state index contributed by atoms with van der Waals surface area (Å²) in [6.07, 6.45) is 2.74. The largest absolute Gasteiger partial charge is 0.366 e. The fourth-order valence-electron chi connectivity index (χ4n) is 3.15. The number of morpholine rings is 1. The van der Waals surface area contributed by atoms with E-state index in [9.17, 15) is 13.6 Å². The molecule has 1 amide bonds. The summed E-state index contributed by atoms with van der Waals surface area (Å²) in [6, 6.07) is 0. The van der Waals surface area contributed by atoms with Gasteiger partial charge in [-0.25, -0.2) is 8.78 Å². The second-order valence-corrected chi connectivity index (χ2v) is 6.62. The van der Waals surface area contributed by atoms with E-state index in [4.69, 9.17) is 4.74 Å². The van der Waals surface area contributed by atoms with Crippen molar-refractivity contribution in [2.75, 3.05) is 39.3 Å². The van der Waals surface area contributed by atoms with Crippen LogP contribution < -0.4 is 0 Å². The number of alkyl halides is 2. The number of ether oxygens (including phenoxy) is 1. The summed E-state index contributed by atoms with van der Waals surface area (Å²) in [7, 11) is 0. The van der Waals surface area contributed by atoms with E-state index in [1.807, 2.05) is 24.0 Å². The van der Waals surface area contributed by atoms with Crippen LogP contribution >= 0.6 is 0 Å². The molecule has 2 aliphatic heterocycles. The van der Waals surface area contributed by atoms with Crippen LogP contribution in [0.1, 0.15) is 18.4 Å². The Morgan fingerprint density at radius 3 is 2.75 bits per heavy atom. The van der Waals surface area contributed by atoms with E-state index in [0.29, 0.717) is 13.2 Å². The highest BCUT2D eigenvalue weighted by Crippen LogP contribution is 2.28. The second kappa shape index (κ2) is 7.14. The molecule has 3 heterocycles. The van der Waals surface area contributed by atoms with Gasteiger partial charge in [0.25, 0.3) is 11.8 Å². The highest BCUT2D eigenvalue weighted by Gasteiger charge is 2.38. The van der Waals surface area contributed by atoms with E-state index in [1.54, 1.807) is 0 Å². The van der Waals surface area contributed by atoms with E-state index in [0.717, 1.165) is 25.2 Å². The van der Waals surface area contributed by atoms with E-state index >= 15 is 0 Å². The van der Waals surface area contributed by atoms with E-state index in [2.05, 4.69) is 10.00 Å². The summed E-state index contributed by atoms with van der Waals surface area (Å²) in [5.74, 6) is -2.80. The van der Waals surface area contributed by atoms with Gasteiger partial charge >= 0.3 is 0 Å². The first-order valence-corrected chi connectivity index (χ1v) is 8.43. The van der Waals surface area contributed by atoms with Gasteiger partial charge in [0, 0.05) is 51.8 Å². The molecule has 1 unspecified atom stereocenters. The Morgan fingerprint density at radius 1 is 1.33 bits per heavy atom. The smallest absolute Gasteiger partial charge is 0.253 e. The molecule has 1 atom stereocenters. The van der Waals surface area contributed by atoms with Crippen molar-refractivity contribution in [1.82, 2.24) is 19.6 Å². The fraction of sp³-hybridized carbons (Fsp3) is 0.750. The lowest BCUT2D eigenvalue weighted by Gasteiger charge is -2.37. The molecule has 0 aromatic carbocycles. The van der Waals surface area contributed by atoms with Gasteiger partial charge in [0.05, 0.1) is 19.3 Å². The summed E-state index contributed by atoms with van der Waals surface area (Å²) < 4.78 is 33.9. The van der Waals surface area contributed by atoms with Crippen molar-refractivity contribution in [1.29, 1.82) is 0 Å². The fourth-order valence-corrected chi connectivity index (χ4v) is 3.15. The Hall–Kier alpha value is -1.54. The maximum atomic E-state index is 13.2. The van der Waals surface area contributed by atoms with Crippen molar-refractivity contribution in [3.63, 3.8) is 0 Å². The summed E-state index contributed by atoms with van der Waals surface area (Å²) in [5.41, 5.74) is 1.12. The number of halogens is 2. The first kappa shape index (κ1) is 17.3. The third kappa shape index (κ3) is 4.30. The normalized spacial score (nSPS) is 25.0. The summed E-state index contributed by atoms with van der Waals surface area (Å²) in [4.78, 5) is 16.2. The first-order chi connectivity index (χ1) is 11.4. The maximum absolute atomic E-state index is 13.2. The number of aryl methyl sites for hydroxylation is 1. The van der Waals surface area contributed by atoms with Crippen molar-refractivity contribution in [3.05, 3.63) is 18.0 Å². The van der Waals surface area contributed by atoms with E-state index in [1.165, 1.54) is 4.90 Å². The monoisotopic (exact) mass is 342 g/mol. The van der Waals surface area contributed by atoms with Crippen molar-refractivity contribution < 1.29 is 18.3 Å². The lowest BCUT2D eigenvalue weighted by atomic mass is 10.1. The number of hydrogen-bond acceptors (Lipinski definition) is 4. The molecule has 134 valence electrons. The predicted molar refractivity (Wildman–Crippen MR) is 83.9 cm³/mol. The molecule has 2 saturated heterocycles. The number of likely N-dealkylation sites (tertiary alicyclic amines) is 1. The predicted octanol–water partition coefficient (Wildman–Crippen LogP) is 1.15. The second-order valence-electron chi connectivity index (χ2n) is 6.62. The van der Waals surface area contributed by atoms with Gasteiger partial charge in [-0.1, -0.05) is 0 Å². The van der Waals surface area contributed by atoms with Crippen LogP contribution in [0.15, 0.2) is 12.4 Å². The van der Waals surface area contributed by atoms with Gasteiger partial charge in [0.1, 0.15) is 6.10 Å². The quantitative estimate of drug-likeness (QED) is 0.824. The highest BCUT2D eigenvalue weighted by atomic mass is 19.3.